The SMILES string of the molecule is COC(=O)C(=O)C(C([O-])=C(O)Nc1cc([N+](=O)[O-])ccc1C#N)c1nc2ccccc2[nH]c1=O. The number of ether oxygens (including phenoxy) is 1. The van der Waals surface area contributed by atoms with Crippen LogP contribution in [0.15, 0.2) is 58.9 Å². The maximum absolute atomic E-state index is 13.0. The zero-order valence-corrected chi connectivity index (χ0v) is 17.3. The number of ketones is 1. The molecule has 0 saturated carbocycles. The number of nitro benzene ring substituents is 1. The van der Waals surface area contributed by atoms with Gasteiger partial charge < -0.3 is 25.3 Å². The Morgan fingerprint density at radius 1 is 1.29 bits per heavy atom. The number of anilines is 1. The lowest BCUT2D eigenvalue weighted by molar-refractivity contribution is -0.384. The fraction of sp³-hybridized carbons (Fsp3) is 0.0952. The highest BCUT2D eigenvalue weighted by molar-refractivity contribution is 6.36. The number of benzene rings is 2. The molecule has 1 atom stereocenters. The van der Waals surface area contributed by atoms with Gasteiger partial charge in [-0.15, -0.1) is 0 Å². The van der Waals surface area contributed by atoms with Crippen molar-refractivity contribution in [3.05, 3.63) is 85.8 Å². The second-order valence-corrected chi connectivity index (χ2v) is 6.69. The summed E-state index contributed by atoms with van der Waals surface area (Å²) in [4.78, 5) is 53.8. The number of allylic oxidation sites excluding steroid dienone is 1. The van der Waals surface area contributed by atoms with Gasteiger partial charge in [0.1, 0.15) is 11.8 Å². The van der Waals surface area contributed by atoms with Crippen molar-refractivity contribution in [1.82, 2.24) is 9.97 Å². The average molecular weight is 464 g/mol. The molecule has 0 aliphatic rings. The van der Waals surface area contributed by atoms with E-state index >= 15 is 0 Å². The van der Waals surface area contributed by atoms with E-state index in [0.717, 1.165) is 25.3 Å². The van der Waals surface area contributed by atoms with E-state index in [1.54, 1.807) is 18.2 Å². The first-order valence-corrected chi connectivity index (χ1v) is 9.34. The Labute approximate surface area is 189 Å². The number of non-ortho nitro benzene ring substituents is 1. The van der Waals surface area contributed by atoms with Crippen molar-refractivity contribution in [3.8, 4) is 6.07 Å². The number of Topliss-reactive ketones (excluding diaryl/α,β-unsaturated/α-hetero) is 1. The number of fused-ring (bicyclic) bond motifs is 1. The maximum atomic E-state index is 13.0. The highest BCUT2D eigenvalue weighted by atomic mass is 16.6. The van der Waals surface area contributed by atoms with Gasteiger partial charge in [-0.25, -0.2) is 9.78 Å². The summed E-state index contributed by atoms with van der Waals surface area (Å²) < 4.78 is 4.36. The van der Waals surface area contributed by atoms with E-state index < -0.39 is 51.2 Å². The van der Waals surface area contributed by atoms with Crippen LogP contribution < -0.4 is 16.0 Å². The summed E-state index contributed by atoms with van der Waals surface area (Å²) in [6, 6.07) is 10.9. The number of aromatic nitrogens is 2. The van der Waals surface area contributed by atoms with E-state index in [-0.39, 0.29) is 22.3 Å². The van der Waals surface area contributed by atoms with Crippen LogP contribution in [-0.2, 0) is 14.3 Å². The molecule has 13 nitrogen and oxygen atoms in total. The molecule has 2 aromatic carbocycles. The van der Waals surface area contributed by atoms with Gasteiger partial charge in [-0.1, -0.05) is 17.9 Å². The molecular weight excluding hydrogens is 450 g/mol. The first-order valence-electron chi connectivity index (χ1n) is 9.34. The molecule has 13 heteroatoms. The summed E-state index contributed by atoms with van der Waals surface area (Å²) in [5, 5.41) is 45.8. The second kappa shape index (κ2) is 9.49. The zero-order chi connectivity index (χ0) is 25.0. The van der Waals surface area contributed by atoms with Crippen LogP contribution in [0.3, 0.4) is 0 Å². The molecule has 172 valence electrons. The number of H-pyrrole nitrogens is 1. The van der Waals surface area contributed by atoms with Gasteiger partial charge >= 0.3 is 5.97 Å². The molecule has 0 radical (unpaired) electrons. The Morgan fingerprint density at radius 3 is 2.65 bits per heavy atom. The first kappa shape index (κ1) is 23.4. The van der Waals surface area contributed by atoms with E-state index in [9.17, 15) is 40.0 Å². The van der Waals surface area contributed by atoms with Crippen LogP contribution in [0.2, 0.25) is 0 Å². The lowest BCUT2D eigenvalue weighted by Gasteiger charge is -2.23. The fourth-order valence-electron chi connectivity index (χ4n) is 3.00. The minimum atomic E-state index is -2.21. The number of aromatic amines is 1. The van der Waals surface area contributed by atoms with Gasteiger partial charge in [-0.3, -0.25) is 19.7 Å². The first-order chi connectivity index (χ1) is 16.2. The Morgan fingerprint density at radius 2 is 2.00 bits per heavy atom. The Hall–Kier alpha value is -5.25. The number of esters is 1. The fourth-order valence-corrected chi connectivity index (χ4v) is 3.00. The van der Waals surface area contributed by atoms with Gasteiger partial charge in [0.2, 0.25) is 0 Å². The largest absolute Gasteiger partial charge is 0.871 e. The molecule has 3 rings (SSSR count). The Kier molecular flexibility index (Phi) is 6.53. The second-order valence-electron chi connectivity index (χ2n) is 6.69. The molecule has 0 aliphatic carbocycles. The summed E-state index contributed by atoms with van der Waals surface area (Å²) in [6.07, 6.45) is 0. The van der Waals surface area contributed by atoms with Gasteiger partial charge in [-0.05, 0) is 18.2 Å². The van der Waals surface area contributed by atoms with Crippen LogP contribution in [-0.4, -0.2) is 38.9 Å². The number of nitrogens with zero attached hydrogens (tertiary/aromatic N) is 3. The highest BCUT2D eigenvalue weighted by Gasteiger charge is 2.32. The molecular formula is C21H14N5O8-. The van der Waals surface area contributed by atoms with Crippen LogP contribution in [0.4, 0.5) is 11.4 Å². The molecule has 3 N–H and O–H groups in total. The average Bonchev–Trinajstić information content (AvgIpc) is 2.83. The molecule has 1 heterocycles. The normalized spacial score (nSPS) is 12.2. The highest BCUT2D eigenvalue weighted by Crippen LogP contribution is 2.26. The number of rotatable bonds is 7. The van der Waals surface area contributed by atoms with Crippen molar-refractivity contribution < 1.29 is 29.5 Å². The lowest BCUT2D eigenvalue weighted by atomic mass is 9.97. The lowest BCUT2D eigenvalue weighted by Crippen LogP contribution is -2.35. The third-order valence-electron chi connectivity index (χ3n) is 4.63. The van der Waals surface area contributed by atoms with Gasteiger partial charge in [0.05, 0.1) is 40.2 Å². The summed E-state index contributed by atoms with van der Waals surface area (Å²) in [5.74, 6) is -7.91. The molecule has 0 bridgehead atoms. The van der Waals surface area contributed by atoms with Gasteiger partial charge in [0.25, 0.3) is 17.0 Å². The van der Waals surface area contributed by atoms with Crippen molar-refractivity contribution in [2.45, 2.75) is 5.92 Å². The minimum Gasteiger partial charge on any atom is -0.871 e. The zero-order valence-electron chi connectivity index (χ0n) is 17.3. The van der Waals surface area contributed by atoms with Gasteiger partial charge in [0, 0.05) is 12.1 Å². The van der Waals surface area contributed by atoms with Crippen molar-refractivity contribution in [2.75, 3.05) is 12.4 Å². The molecule has 0 saturated heterocycles. The molecule has 3 aromatic rings. The van der Waals surface area contributed by atoms with Crippen LogP contribution in [0.1, 0.15) is 17.2 Å². The smallest absolute Gasteiger partial charge is 0.375 e. The number of hydrogen-bond acceptors (Lipinski definition) is 11. The quantitative estimate of drug-likeness (QED) is 0.146. The van der Waals surface area contributed by atoms with Crippen molar-refractivity contribution in [3.63, 3.8) is 0 Å². The number of carbonyl (C=O) groups is 2. The van der Waals surface area contributed by atoms with E-state index in [1.165, 1.54) is 12.1 Å². The number of nitriles is 1. The van der Waals surface area contributed by atoms with Gasteiger partial charge in [0.15, 0.2) is 5.88 Å². The predicted molar refractivity (Wildman–Crippen MR) is 113 cm³/mol. The minimum absolute atomic E-state index is 0.178. The molecule has 0 amide bonds. The number of nitrogens with one attached hydrogen (secondary N) is 2. The number of aliphatic hydroxyl groups excluding tert-OH is 1. The van der Waals surface area contributed by atoms with E-state index in [4.69, 9.17) is 0 Å². The Bertz CT molecular complexity index is 1450. The monoisotopic (exact) mass is 464 g/mol. The Balaban J connectivity index is 2.17. The van der Waals surface area contributed by atoms with Crippen LogP contribution >= 0.6 is 0 Å². The van der Waals surface area contributed by atoms with Crippen molar-refractivity contribution in [1.29, 1.82) is 5.26 Å². The number of nitro groups is 1. The van der Waals surface area contributed by atoms with Gasteiger partial charge in [-0.2, -0.15) is 5.26 Å². The number of methoxy groups -OCH3 is 1. The molecule has 0 spiro atoms. The molecule has 0 fully saturated rings. The molecule has 34 heavy (non-hydrogen) atoms. The number of aliphatic hydroxyl groups is 1. The topological polar surface area (TPSA) is 211 Å². The van der Waals surface area contributed by atoms with Crippen molar-refractivity contribution >= 4 is 34.2 Å². The van der Waals surface area contributed by atoms with Crippen LogP contribution in [0.25, 0.3) is 11.0 Å². The summed E-state index contributed by atoms with van der Waals surface area (Å²) in [7, 11) is 0.879. The summed E-state index contributed by atoms with van der Waals surface area (Å²) in [5.41, 5.74) is -2.16. The third kappa shape index (κ3) is 4.50. The molecule has 0 aliphatic heterocycles. The van der Waals surface area contributed by atoms with E-state index in [0.29, 0.717) is 0 Å². The predicted octanol–water partition coefficient (Wildman–Crippen LogP) is 0.728. The van der Waals surface area contributed by atoms with E-state index in [2.05, 4.69) is 20.0 Å². The maximum Gasteiger partial charge on any atom is 0.375 e. The molecule has 1 unspecified atom stereocenters. The number of hydrogen-bond donors (Lipinski definition) is 3. The number of carbonyl (C=O) groups excluding carboxylic acids is 2. The summed E-state index contributed by atoms with van der Waals surface area (Å²) >= 11 is 0. The van der Waals surface area contributed by atoms with Crippen molar-refractivity contribution in [2.24, 2.45) is 0 Å². The standard InChI is InChI=1S/C21H15N5O8/c1-34-21(31)18(28)15(16-19(29)24-13-5-3-2-4-12(13)23-16)17(27)20(30)25-14-8-11(26(32)33)7-6-10(14)9-22/h2-8,15,25,27,30H,1H3,(H,24,29)/p-1. The molecule has 1 aromatic heterocycles. The summed E-state index contributed by atoms with van der Waals surface area (Å²) in [6.45, 7) is 0. The van der Waals surface area contributed by atoms with Crippen LogP contribution in [0.5, 0.6) is 0 Å². The number of para-hydroxylation sites is 2. The van der Waals surface area contributed by atoms with E-state index in [1.807, 2.05) is 0 Å². The third-order valence-corrected chi connectivity index (χ3v) is 4.63. The van der Waals surface area contributed by atoms with Crippen LogP contribution in [0, 0.1) is 21.4 Å².